The number of imidazole rings is 1. The summed E-state index contributed by atoms with van der Waals surface area (Å²) in [6.45, 7) is 1.56. The summed E-state index contributed by atoms with van der Waals surface area (Å²) in [6.07, 6.45) is 5.53. The highest BCUT2D eigenvalue weighted by Gasteiger charge is 2.12. The fourth-order valence-electron chi connectivity index (χ4n) is 2.60. The predicted octanol–water partition coefficient (Wildman–Crippen LogP) is 2.19. The summed E-state index contributed by atoms with van der Waals surface area (Å²) in [6, 6.07) is 7.87. The third kappa shape index (κ3) is 4.93. The molecule has 0 spiro atoms. The Bertz CT molecular complexity index is 648. The first-order valence-electron chi connectivity index (χ1n) is 7.92. The van der Waals surface area contributed by atoms with Crippen LogP contribution in [0.4, 0.5) is 0 Å². The van der Waals surface area contributed by atoms with Crippen molar-refractivity contribution in [1.29, 1.82) is 0 Å². The monoisotopic (exact) mass is 314 g/mol. The number of rotatable bonds is 7. The van der Waals surface area contributed by atoms with E-state index in [0.29, 0.717) is 0 Å². The van der Waals surface area contributed by atoms with Gasteiger partial charge in [0.1, 0.15) is 5.82 Å². The van der Waals surface area contributed by atoms with Crippen molar-refractivity contribution in [2.75, 3.05) is 27.7 Å². The molecule has 0 N–H and O–H groups in total. The average Bonchev–Trinajstić information content (AvgIpc) is 2.91. The van der Waals surface area contributed by atoms with E-state index in [1.54, 1.807) is 11.1 Å². The van der Waals surface area contributed by atoms with Crippen molar-refractivity contribution in [3.8, 4) is 0 Å². The normalized spacial score (nSPS) is 11.0. The molecule has 1 heterocycles. The number of nitrogens with zero attached hydrogens (tertiary/aromatic N) is 4. The Kier molecular flexibility index (Phi) is 5.93. The maximum absolute atomic E-state index is 12.5. The molecule has 0 saturated heterocycles. The van der Waals surface area contributed by atoms with E-state index in [-0.39, 0.29) is 5.91 Å². The zero-order valence-electron chi connectivity index (χ0n) is 14.5. The second kappa shape index (κ2) is 7.92. The lowest BCUT2D eigenvalue weighted by Crippen LogP contribution is -2.28. The number of benzene rings is 1. The van der Waals surface area contributed by atoms with E-state index < -0.39 is 0 Å². The third-order valence-corrected chi connectivity index (χ3v) is 3.83. The molecule has 0 unspecified atom stereocenters. The van der Waals surface area contributed by atoms with Gasteiger partial charge >= 0.3 is 0 Å². The fraction of sp³-hybridized carbons (Fsp3) is 0.444. The van der Waals surface area contributed by atoms with Gasteiger partial charge in [-0.3, -0.25) is 4.79 Å². The SMILES string of the molecule is CN(C)Cc1cccc(C(=O)N(C)CCCc2nccn2C)c1. The Morgan fingerprint density at radius 3 is 2.70 bits per heavy atom. The number of carbonyl (C=O) groups is 1. The zero-order valence-corrected chi connectivity index (χ0v) is 14.5. The van der Waals surface area contributed by atoms with Crippen molar-refractivity contribution in [3.63, 3.8) is 0 Å². The van der Waals surface area contributed by atoms with Crippen LogP contribution in [0.3, 0.4) is 0 Å². The summed E-state index contributed by atoms with van der Waals surface area (Å²) < 4.78 is 2.02. The standard InChI is InChI=1S/C18H26N4O/c1-20(2)14-15-7-5-8-16(13-15)18(23)22(4)11-6-9-17-19-10-12-21(17)3/h5,7-8,10,12-13H,6,9,11,14H2,1-4H3. The first-order chi connectivity index (χ1) is 11.0. The van der Waals surface area contributed by atoms with Gasteiger partial charge in [0.15, 0.2) is 0 Å². The lowest BCUT2D eigenvalue weighted by atomic mass is 10.1. The van der Waals surface area contributed by atoms with E-state index in [1.165, 1.54) is 0 Å². The van der Waals surface area contributed by atoms with Gasteiger partial charge in [0.25, 0.3) is 5.91 Å². The summed E-state index contributed by atoms with van der Waals surface area (Å²) in [5.41, 5.74) is 1.91. The lowest BCUT2D eigenvalue weighted by molar-refractivity contribution is 0.0793. The molecular formula is C18H26N4O. The molecule has 5 heteroatoms. The van der Waals surface area contributed by atoms with E-state index in [4.69, 9.17) is 0 Å². The Morgan fingerprint density at radius 2 is 2.04 bits per heavy atom. The minimum Gasteiger partial charge on any atom is -0.342 e. The number of hydrogen-bond acceptors (Lipinski definition) is 3. The van der Waals surface area contributed by atoms with Crippen LogP contribution in [0, 0.1) is 0 Å². The molecule has 2 rings (SSSR count). The van der Waals surface area contributed by atoms with Crippen molar-refractivity contribution in [3.05, 3.63) is 53.6 Å². The second-order valence-electron chi connectivity index (χ2n) is 6.22. The van der Waals surface area contributed by atoms with Crippen LogP contribution in [0.25, 0.3) is 0 Å². The Morgan fingerprint density at radius 1 is 1.26 bits per heavy atom. The van der Waals surface area contributed by atoms with Gasteiger partial charge < -0.3 is 14.4 Å². The van der Waals surface area contributed by atoms with Crippen molar-refractivity contribution in [1.82, 2.24) is 19.4 Å². The molecule has 1 amide bonds. The van der Waals surface area contributed by atoms with Crippen LogP contribution in [0.15, 0.2) is 36.7 Å². The molecule has 0 radical (unpaired) electrons. The zero-order chi connectivity index (χ0) is 16.8. The molecule has 0 fully saturated rings. The quantitative estimate of drug-likeness (QED) is 0.786. The summed E-state index contributed by atoms with van der Waals surface area (Å²) in [5.74, 6) is 1.13. The van der Waals surface area contributed by atoms with Crippen LogP contribution in [0.5, 0.6) is 0 Å². The molecule has 1 aromatic heterocycles. The molecule has 0 aliphatic rings. The topological polar surface area (TPSA) is 41.4 Å². The van der Waals surface area contributed by atoms with E-state index >= 15 is 0 Å². The van der Waals surface area contributed by atoms with Gasteiger partial charge in [0.05, 0.1) is 0 Å². The first-order valence-corrected chi connectivity index (χ1v) is 7.92. The van der Waals surface area contributed by atoms with E-state index in [1.807, 2.05) is 57.2 Å². The molecule has 1 aromatic carbocycles. The number of carbonyl (C=O) groups excluding carboxylic acids is 1. The van der Waals surface area contributed by atoms with Gasteiger partial charge in [-0.15, -0.1) is 0 Å². The summed E-state index contributed by atoms with van der Waals surface area (Å²) in [7, 11) is 7.91. The maximum atomic E-state index is 12.5. The number of aryl methyl sites for hydroxylation is 2. The molecule has 0 atom stereocenters. The second-order valence-corrected chi connectivity index (χ2v) is 6.22. The average molecular weight is 314 g/mol. The van der Waals surface area contributed by atoms with Crippen LogP contribution < -0.4 is 0 Å². The van der Waals surface area contributed by atoms with E-state index in [9.17, 15) is 4.79 Å². The van der Waals surface area contributed by atoms with E-state index in [2.05, 4.69) is 16.0 Å². The van der Waals surface area contributed by atoms with Gasteiger partial charge in [-0.05, 0) is 38.2 Å². The van der Waals surface area contributed by atoms with Crippen LogP contribution in [-0.2, 0) is 20.0 Å². The molecule has 2 aromatic rings. The highest BCUT2D eigenvalue weighted by molar-refractivity contribution is 5.94. The highest BCUT2D eigenvalue weighted by atomic mass is 16.2. The number of hydrogen-bond donors (Lipinski definition) is 0. The molecule has 0 aliphatic heterocycles. The molecule has 5 nitrogen and oxygen atoms in total. The van der Waals surface area contributed by atoms with Gasteiger partial charge in [0, 0.05) is 51.6 Å². The largest absolute Gasteiger partial charge is 0.342 e. The van der Waals surface area contributed by atoms with Gasteiger partial charge in [0.2, 0.25) is 0 Å². The van der Waals surface area contributed by atoms with Crippen molar-refractivity contribution >= 4 is 5.91 Å². The Labute approximate surface area is 138 Å². The van der Waals surface area contributed by atoms with Gasteiger partial charge in [-0.1, -0.05) is 12.1 Å². The summed E-state index contributed by atoms with van der Waals surface area (Å²) in [5, 5.41) is 0. The molecule has 124 valence electrons. The van der Waals surface area contributed by atoms with Gasteiger partial charge in [-0.25, -0.2) is 4.98 Å². The van der Waals surface area contributed by atoms with Crippen LogP contribution >= 0.6 is 0 Å². The Balaban J connectivity index is 1.90. The molecular weight excluding hydrogens is 288 g/mol. The van der Waals surface area contributed by atoms with Crippen molar-refractivity contribution in [2.24, 2.45) is 7.05 Å². The van der Waals surface area contributed by atoms with Crippen LogP contribution in [0.2, 0.25) is 0 Å². The molecule has 0 aliphatic carbocycles. The lowest BCUT2D eigenvalue weighted by Gasteiger charge is -2.18. The minimum absolute atomic E-state index is 0.0745. The Hall–Kier alpha value is -2.14. The fourth-order valence-corrected chi connectivity index (χ4v) is 2.60. The molecule has 0 bridgehead atoms. The van der Waals surface area contributed by atoms with Crippen molar-refractivity contribution in [2.45, 2.75) is 19.4 Å². The minimum atomic E-state index is 0.0745. The van der Waals surface area contributed by atoms with Crippen LogP contribution in [-0.4, -0.2) is 52.9 Å². The van der Waals surface area contributed by atoms with Crippen molar-refractivity contribution < 1.29 is 4.79 Å². The molecule has 23 heavy (non-hydrogen) atoms. The number of amides is 1. The summed E-state index contributed by atoms with van der Waals surface area (Å²) >= 11 is 0. The van der Waals surface area contributed by atoms with E-state index in [0.717, 1.165) is 42.9 Å². The van der Waals surface area contributed by atoms with Crippen LogP contribution in [0.1, 0.15) is 28.2 Å². The highest BCUT2D eigenvalue weighted by Crippen LogP contribution is 2.10. The first kappa shape index (κ1) is 17.2. The van der Waals surface area contributed by atoms with Gasteiger partial charge in [-0.2, -0.15) is 0 Å². The third-order valence-electron chi connectivity index (χ3n) is 3.83. The maximum Gasteiger partial charge on any atom is 0.253 e. The smallest absolute Gasteiger partial charge is 0.253 e. The molecule has 0 saturated carbocycles. The predicted molar refractivity (Wildman–Crippen MR) is 92.3 cm³/mol. The summed E-state index contributed by atoms with van der Waals surface area (Å²) in [4.78, 5) is 20.7. The number of aromatic nitrogens is 2.